The molecule has 0 bridgehead atoms. The SMILES string of the molecule is Cc1ccc(OCCNC(=O)Cc2ccccc2)cc1Cl. The molecular formula is C17H18ClNO2. The first kappa shape index (κ1) is 15.4. The van der Waals surface area contributed by atoms with Crippen molar-refractivity contribution in [3.8, 4) is 5.75 Å². The molecule has 1 amide bonds. The average Bonchev–Trinajstić information content (AvgIpc) is 2.48. The van der Waals surface area contributed by atoms with Crippen LogP contribution in [0.4, 0.5) is 0 Å². The minimum absolute atomic E-state index is 0.00765. The molecular weight excluding hydrogens is 286 g/mol. The minimum atomic E-state index is -0.00765. The van der Waals surface area contributed by atoms with Gasteiger partial charge >= 0.3 is 0 Å². The van der Waals surface area contributed by atoms with E-state index in [2.05, 4.69) is 5.32 Å². The molecule has 0 aromatic heterocycles. The van der Waals surface area contributed by atoms with Crippen LogP contribution < -0.4 is 10.1 Å². The number of hydrogen-bond acceptors (Lipinski definition) is 2. The van der Waals surface area contributed by atoms with E-state index in [0.717, 1.165) is 11.1 Å². The van der Waals surface area contributed by atoms with E-state index in [9.17, 15) is 4.79 Å². The van der Waals surface area contributed by atoms with Crippen LogP contribution in [0.3, 0.4) is 0 Å². The smallest absolute Gasteiger partial charge is 0.224 e. The number of aryl methyl sites for hydroxylation is 1. The summed E-state index contributed by atoms with van der Waals surface area (Å²) in [5.74, 6) is 0.703. The van der Waals surface area contributed by atoms with Gasteiger partial charge in [-0.15, -0.1) is 0 Å². The molecule has 2 rings (SSSR count). The zero-order valence-corrected chi connectivity index (χ0v) is 12.7. The van der Waals surface area contributed by atoms with E-state index in [1.165, 1.54) is 0 Å². The Morgan fingerprint density at radius 1 is 1.19 bits per heavy atom. The highest BCUT2D eigenvalue weighted by Gasteiger charge is 2.03. The molecule has 0 radical (unpaired) electrons. The van der Waals surface area contributed by atoms with Gasteiger partial charge in [0, 0.05) is 5.02 Å². The first-order valence-corrected chi connectivity index (χ1v) is 7.22. The van der Waals surface area contributed by atoms with Crippen LogP contribution >= 0.6 is 11.6 Å². The zero-order chi connectivity index (χ0) is 15.1. The third kappa shape index (κ3) is 5.12. The van der Waals surface area contributed by atoms with Crippen LogP contribution in [-0.4, -0.2) is 19.1 Å². The van der Waals surface area contributed by atoms with Crippen LogP contribution in [0.2, 0.25) is 5.02 Å². The topological polar surface area (TPSA) is 38.3 Å². The molecule has 2 aromatic rings. The molecule has 1 N–H and O–H groups in total. The number of hydrogen-bond donors (Lipinski definition) is 1. The Hall–Kier alpha value is -2.00. The summed E-state index contributed by atoms with van der Waals surface area (Å²) in [6, 6.07) is 15.2. The monoisotopic (exact) mass is 303 g/mol. The van der Waals surface area contributed by atoms with E-state index >= 15 is 0 Å². The van der Waals surface area contributed by atoms with Gasteiger partial charge in [0.15, 0.2) is 0 Å². The number of ether oxygens (including phenoxy) is 1. The second kappa shape index (κ2) is 7.70. The molecule has 0 heterocycles. The lowest BCUT2D eigenvalue weighted by atomic mass is 10.1. The summed E-state index contributed by atoms with van der Waals surface area (Å²) in [4.78, 5) is 11.7. The van der Waals surface area contributed by atoms with Crippen molar-refractivity contribution >= 4 is 17.5 Å². The molecule has 21 heavy (non-hydrogen) atoms. The van der Waals surface area contributed by atoms with Gasteiger partial charge in [-0.1, -0.05) is 48.0 Å². The number of amides is 1. The first-order chi connectivity index (χ1) is 10.1. The highest BCUT2D eigenvalue weighted by atomic mass is 35.5. The van der Waals surface area contributed by atoms with E-state index < -0.39 is 0 Å². The van der Waals surface area contributed by atoms with Crippen LogP contribution in [0.15, 0.2) is 48.5 Å². The molecule has 0 aliphatic heterocycles. The van der Waals surface area contributed by atoms with Crippen molar-refractivity contribution in [2.45, 2.75) is 13.3 Å². The van der Waals surface area contributed by atoms with Gasteiger partial charge in [0.1, 0.15) is 12.4 Å². The number of nitrogens with one attached hydrogen (secondary N) is 1. The second-order valence-electron chi connectivity index (χ2n) is 4.77. The fraction of sp³-hybridized carbons (Fsp3) is 0.235. The van der Waals surface area contributed by atoms with E-state index in [-0.39, 0.29) is 5.91 Å². The van der Waals surface area contributed by atoms with Gasteiger partial charge in [-0.3, -0.25) is 4.79 Å². The van der Waals surface area contributed by atoms with Crippen LogP contribution in [0, 0.1) is 6.92 Å². The van der Waals surface area contributed by atoms with Crippen LogP contribution in [0.5, 0.6) is 5.75 Å². The number of carbonyl (C=O) groups excluding carboxylic acids is 1. The summed E-state index contributed by atoms with van der Waals surface area (Å²) in [5.41, 5.74) is 2.02. The fourth-order valence-corrected chi connectivity index (χ4v) is 2.04. The molecule has 3 nitrogen and oxygen atoms in total. The normalized spacial score (nSPS) is 10.2. The van der Waals surface area contributed by atoms with Crippen molar-refractivity contribution in [2.75, 3.05) is 13.2 Å². The highest BCUT2D eigenvalue weighted by molar-refractivity contribution is 6.31. The van der Waals surface area contributed by atoms with Crippen molar-refractivity contribution in [2.24, 2.45) is 0 Å². The van der Waals surface area contributed by atoms with Gasteiger partial charge < -0.3 is 10.1 Å². The Balaban J connectivity index is 1.69. The van der Waals surface area contributed by atoms with Crippen molar-refractivity contribution in [3.63, 3.8) is 0 Å². The summed E-state index contributed by atoms with van der Waals surface area (Å²) in [5, 5.41) is 3.51. The van der Waals surface area contributed by atoms with Crippen molar-refractivity contribution in [1.29, 1.82) is 0 Å². The lowest BCUT2D eigenvalue weighted by molar-refractivity contribution is -0.120. The Bertz CT molecular complexity index is 599. The molecule has 0 atom stereocenters. The van der Waals surface area contributed by atoms with Gasteiger partial charge in [-0.25, -0.2) is 0 Å². The van der Waals surface area contributed by atoms with E-state index in [0.29, 0.717) is 30.3 Å². The van der Waals surface area contributed by atoms with E-state index in [1.807, 2.05) is 49.4 Å². The van der Waals surface area contributed by atoms with Gasteiger partial charge in [-0.05, 0) is 30.2 Å². The fourth-order valence-electron chi connectivity index (χ4n) is 1.87. The lowest BCUT2D eigenvalue weighted by Gasteiger charge is -2.09. The second-order valence-corrected chi connectivity index (χ2v) is 5.18. The van der Waals surface area contributed by atoms with Gasteiger partial charge in [0.05, 0.1) is 13.0 Å². The molecule has 2 aromatic carbocycles. The predicted octanol–water partition coefficient (Wildman–Crippen LogP) is 3.39. The molecule has 110 valence electrons. The summed E-state index contributed by atoms with van der Waals surface area (Å²) in [6.07, 6.45) is 0.386. The van der Waals surface area contributed by atoms with E-state index in [1.54, 1.807) is 6.07 Å². The molecule has 4 heteroatoms. The zero-order valence-electron chi connectivity index (χ0n) is 11.9. The highest BCUT2D eigenvalue weighted by Crippen LogP contribution is 2.21. The molecule has 0 saturated heterocycles. The Kier molecular flexibility index (Phi) is 5.64. The molecule has 0 saturated carbocycles. The third-order valence-electron chi connectivity index (χ3n) is 3.04. The number of benzene rings is 2. The third-order valence-corrected chi connectivity index (χ3v) is 3.45. The molecule has 0 aliphatic rings. The van der Waals surface area contributed by atoms with Gasteiger partial charge in [0.2, 0.25) is 5.91 Å². The molecule has 0 aliphatic carbocycles. The van der Waals surface area contributed by atoms with E-state index in [4.69, 9.17) is 16.3 Å². The van der Waals surface area contributed by atoms with Crippen LogP contribution in [0.1, 0.15) is 11.1 Å². The minimum Gasteiger partial charge on any atom is -0.492 e. The van der Waals surface area contributed by atoms with Crippen molar-refractivity contribution < 1.29 is 9.53 Å². The molecule has 0 unspecified atom stereocenters. The Morgan fingerprint density at radius 3 is 2.67 bits per heavy atom. The number of halogens is 1. The summed E-state index contributed by atoms with van der Waals surface area (Å²) in [7, 11) is 0. The maximum absolute atomic E-state index is 11.7. The standard InChI is InChI=1S/C17H18ClNO2/c1-13-7-8-15(12-16(13)18)21-10-9-19-17(20)11-14-5-3-2-4-6-14/h2-8,12H,9-11H2,1H3,(H,19,20). The Morgan fingerprint density at radius 2 is 1.95 bits per heavy atom. The number of rotatable bonds is 6. The first-order valence-electron chi connectivity index (χ1n) is 6.85. The van der Waals surface area contributed by atoms with Crippen LogP contribution in [-0.2, 0) is 11.2 Å². The lowest BCUT2D eigenvalue weighted by Crippen LogP contribution is -2.29. The van der Waals surface area contributed by atoms with Crippen LogP contribution in [0.25, 0.3) is 0 Å². The summed E-state index contributed by atoms with van der Waals surface area (Å²) >= 11 is 6.02. The molecule has 0 fully saturated rings. The summed E-state index contributed by atoms with van der Waals surface area (Å²) < 4.78 is 5.54. The van der Waals surface area contributed by atoms with Crippen molar-refractivity contribution in [1.82, 2.24) is 5.32 Å². The summed E-state index contributed by atoms with van der Waals surface area (Å²) in [6.45, 7) is 2.83. The Labute approximate surface area is 129 Å². The van der Waals surface area contributed by atoms with Crippen molar-refractivity contribution in [3.05, 3.63) is 64.7 Å². The maximum atomic E-state index is 11.7. The predicted molar refractivity (Wildman–Crippen MR) is 84.8 cm³/mol. The maximum Gasteiger partial charge on any atom is 0.224 e. The largest absolute Gasteiger partial charge is 0.492 e. The van der Waals surface area contributed by atoms with Gasteiger partial charge in [0.25, 0.3) is 0 Å². The number of carbonyl (C=O) groups is 1. The van der Waals surface area contributed by atoms with Gasteiger partial charge in [-0.2, -0.15) is 0 Å². The quantitative estimate of drug-likeness (QED) is 0.831. The molecule has 0 spiro atoms. The average molecular weight is 304 g/mol.